The quantitative estimate of drug-likeness (QED) is 0.240. The lowest BCUT2D eigenvalue weighted by Gasteiger charge is -2.03. The maximum absolute atomic E-state index is 12.2. The van der Waals surface area contributed by atoms with Crippen LogP contribution in [0.15, 0.2) is 52.9 Å². The largest absolute Gasteiger partial charge is 0.325 e. The molecule has 1 heterocycles. The summed E-state index contributed by atoms with van der Waals surface area (Å²) in [6.07, 6.45) is 0. The van der Waals surface area contributed by atoms with Gasteiger partial charge in [0.2, 0.25) is 11.0 Å². The first-order valence-corrected chi connectivity index (χ1v) is 10.2. The third-order valence-electron chi connectivity index (χ3n) is 3.41. The van der Waals surface area contributed by atoms with Crippen LogP contribution in [0.2, 0.25) is 5.02 Å². The van der Waals surface area contributed by atoms with Crippen molar-refractivity contribution < 1.29 is 14.5 Å². The minimum Gasteiger partial charge on any atom is -0.325 e. The Bertz CT molecular complexity index is 1080. The zero-order valence-electron chi connectivity index (χ0n) is 14.5. The zero-order chi connectivity index (χ0) is 20.8. The van der Waals surface area contributed by atoms with Gasteiger partial charge in [0.15, 0.2) is 4.34 Å². The van der Waals surface area contributed by atoms with Gasteiger partial charge in [-0.25, -0.2) is 0 Å². The summed E-state index contributed by atoms with van der Waals surface area (Å²) < 4.78 is 0.480. The number of carbonyl (C=O) groups is 2. The average molecular weight is 450 g/mol. The maximum atomic E-state index is 12.2. The Hall–Kier alpha value is -3.02. The third kappa shape index (κ3) is 5.73. The third-order valence-corrected chi connectivity index (χ3v) is 5.71. The molecule has 2 amide bonds. The molecule has 0 unspecified atom stereocenters. The molecular formula is C17H12ClN5O4S2. The predicted molar refractivity (Wildman–Crippen MR) is 112 cm³/mol. The Morgan fingerprint density at radius 3 is 2.69 bits per heavy atom. The number of thioether (sulfide) groups is 1. The molecule has 0 radical (unpaired) electrons. The van der Waals surface area contributed by atoms with Gasteiger partial charge in [-0.3, -0.25) is 25.0 Å². The topological polar surface area (TPSA) is 127 Å². The maximum Gasteiger partial charge on any atom is 0.271 e. The van der Waals surface area contributed by atoms with Crippen molar-refractivity contribution in [3.8, 4) is 0 Å². The molecule has 1 aromatic heterocycles. The number of hydrogen-bond donors (Lipinski definition) is 2. The smallest absolute Gasteiger partial charge is 0.271 e. The van der Waals surface area contributed by atoms with Crippen LogP contribution in [-0.4, -0.2) is 32.7 Å². The van der Waals surface area contributed by atoms with Gasteiger partial charge in [0.25, 0.3) is 11.6 Å². The van der Waals surface area contributed by atoms with Gasteiger partial charge >= 0.3 is 0 Å². The van der Waals surface area contributed by atoms with E-state index in [9.17, 15) is 19.7 Å². The normalized spacial score (nSPS) is 10.4. The Morgan fingerprint density at radius 2 is 1.93 bits per heavy atom. The molecule has 0 aliphatic carbocycles. The number of aromatic nitrogens is 2. The molecule has 29 heavy (non-hydrogen) atoms. The zero-order valence-corrected chi connectivity index (χ0v) is 16.9. The number of nitro groups is 1. The second-order valence-corrected chi connectivity index (χ2v) is 8.06. The van der Waals surface area contributed by atoms with E-state index in [2.05, 4.69) is 20.8 Å². The van der Waals surface area contributed by atoms with Gasteiger partial charge in [-0.15, -0.1) is 10.2 Å². The number of benzene rings is 2. The van der Waals surface area contributed by atoms with Crippen molar-refractivity contribution in [2.24, 2.45) is 0 Å². The van der Waals surface area contributed by atoms with E-state index in [1.54, 1.807) is 30.3 Å². The number of non-ortho nitro benzene ring substituents is 1. The molecule has 0 aliphatic heterocycles. The van der Waals surface area contributed by atoms with Crippen LogP contribution in [-0.2, 0) is 4.79 Å². The van der Waals surface area contributed by atoms with Gasteiger partial charge < -0.3 is 5.32 Å². The van der Waals surface area contributed by atoms with Gasteiger partial charge in [-0.05, 0) is 18.2 Å². The van der Waals surface area contributed by atoms with Crippen LogP contribution in [0, 0.1) is 10.1 Å². The molecule has 9 nitrogen and oxygen atoms in total. The molecule has 0 atom stereocenters. The molecule has 0 saturated heterocycles. The standard InChI is InChI=1S/C17H12ClN5O4S2/c18-13-7-2-1-6-12(13)15(25)20-16-21-22-17(29-16)28-9-14(24)19-10-4-3-5-11(8-10)23(26)27/h1-8H,9H2,(H,19,24)(H,20,21,25). The van der Waals surface area contributed by atoms with Crippen LogP contribution in [0.25, 0.3) is 0 Å². The van der Waals surface area contributed by atoms with E-state index < -0.39 is 10.8 Å². The number of rotatable bonds is 7. The molecule has 0 spiro atoms. The van der Waals surface area contributed by atoms with E-state index in [1.807, 2.05) is 0 Å². The average Bonchev–Trinajstić information content (AvgIpc) is 3.14. The minimum absolute atomic E-state index is 0.0236. The highest BCUT2D eigenvalue weighted by Crippen LogP contribution is 2.27. The summed E-state index contributed by atoms with van der Waals surface area (Å²) in [5.74, 6) is -0.741. The van der Waals surface area contributed by atoms with Crippen LogP contribution in [0.4, 0.5) is 16.5 Å². The van der Waals surface area contributed by atoms with Gasteiger partial charge in [0, 0.05) is 17.8 Å². The van der Waals surface area contributed by atoms with E-state index in [-0.39, 0.29) is 22.5 Å². The molecule has 3 aromatic rings. The van der Waals surface area contributed by atoms with Crippen molar-refractivity contribution in [3.63, 3.8) is 0 Å². The first-order chi connectivity index (χ1) is 13.9. The number of amides is 2. The first-order valence-electron chi connectivity index (χ1n) is 7.99. The monoisotopic (exact) mass is 449 g/mol. The Balaban J connectivity index is 1.53. The summed E-state index contributed by atoms with van der Waals surface area (Å²) >= 11 is 8.23. The lowest BCUT2D eigenvalue weighted by atomic mass is 10.2. The molecule has 2 aromatic carbocycles. The highest BCUT2D eigenvalue weighted by atomic mass is 35.5. The second-order valence-electron chi connectivity index (χ2n) is 5.45. The van der Waals surface area contributed by atoms with E-state index in [0.717, 1.165) is 23.1 Å². The van der Waals surface area contributed by atoms with Gasteiger partial charge in [0.1, 0.15) is 0 Å². The molecule has 0 saturated carbocycles. The van der Waals surface area contributed by atoms with E-state index in [1.165, 1.54) is 18.2 Å². The summed E-state index contributed by atoms with van der Waals surface area (Å²) in [5.41, 5.74) is 0.531. The van der Waals surface area contributed by atoms with Crippen molar-refractivity contribution in [2.45, 2.75) is 4.34 Å². The van der Waals surface area contributed by atoms with Crippen molar-refractivity contribution in [1.82, 2.24) is 10.2 Å². The van der Waals surface area contributed by atoms with Crippen molar-refractivity contribution >= 4 is 63.0 Å². The van der Waals surface area contributed by atoms with Crippen LogP contribution >= 0.6 is 34.7 Å². The lowest BCUT2D eigenvalue weighted by Crippen LogP contribution is -2.14. The summed E-state index contributed by atoms with van der Waals surface area (Å²) in [6.45, 7) is 0. The van der Waals surface area contributed by atoms with E-state index >= 15 is 0 Å². The molecule has 0 aliphatic rings. The number of carbonyl (C=O) groups excluding carboxylic acids is 2. The van der Waals surface area contributed by atoms with Gasteiger partial charge in [0.05, 0.1) is 21.3 Å². The van der Waals surface area contributed by atoms with E-state index in [4.69, 9.17) is 11.6 Å². The summed E-state index contributed by atoms with van der Waals surface area (Å²) in [5, 5.41) is 24.3. The fraction of sp³-hybridized carbons (Fsp3) is 0.0588. The summed E-state index contributed by atoms with van der Waals surface area (Å²) in [6, 6.07) is 12.3. The SMILES string of the molecule is O=C(CSc1nnc(NC(=O)c2ccccc2Cl)s1)Nc1cccc([N+](=O)[O-])c1. The highest BCUT2D eigenvalue weighted by Gasteiger charge is 2.14. The number of nitro benzene ring substituents is 1. The number of nitrogens with zero attached hydrogens (tertiary/aromatic N) is 3. The fourth-order valence-electron chi connectivity index (χ4n) is 2.15. The summed E-state index contributed by atoms with van der Waals surface area (Å²) in [7, 11) is 0. The molecule has 148 valence electrons. The number of nitrogens with one attached hydrogen (secondary N) is 2. The lowest BCUT2D eigenvalue weighted by molar-refractivity contribution is -0.384. The Kier molecular flexibility index (Phi) is 6.75. The molecule has 2 N–H and O–H groups in total. The number of halogens is 1. The second kappa shape index (κ2) is 9.45. The van der Waals surface area contributed by atoms with Crippen LogP contribution in [0.3, 0.4) is 0 Å². The van der Waals surface area contributed by atoms with Crippen molar-refractivity contribution in [1.29, 1.82) is 0 Å². The van der Waals surface area contributed by atoms with Gasteiger partial charge in [-0.2, -0.15) is 0 Å². The van der Waals surface area contributed by atoms with Crippen molar-refractivity contribution in [2.75, 3.05) is 16.4 Å². The molecular weight excluding hydrogens is 438 g/mol. The highest BCUT2D eigenvalue weighted by molar-refractivity contribution is 8.01. The van der Waals surface area contributed by atoms with Crippen LogP contribution < -0.4 is 10.6 Å². The number of anilines is 2. The van der Waals surface area contributed by atoms with Crippen LogP contribution in [0.5, 0.6) is 0 Å². The van der Waals surface area contributed by atoms with Gasteiger partial charge in [-0.1, -0.05) is 52.9 Å². The van der Waals surface area contributed by atoms with Crippen molar-refractivity contribution in [3.05, 3.63) is 69.2 Å². The number of hydrogen-bond acceptors (Lipinski definition) is 8. The first kappa shape index (κ1) is 20.7. The van der Waals surface area contributed by atoms with E-state index in [0.29, 0.717) is 20.6 Å². The fourth-order valence-corrected chi connectivity index (χ4v) is 3.92. The predicted octanol–water partition coefficient (Wildman–Crippen LogP) is 4.08. The molecule has 3 rings (SSSR count). The Morgan fingerprint density at radius 1 is 1.14 bits per heavy atom. The molecule has 0 fully saturated rings. The van der Waals surface area contributed by atoms with Crippen LogP contribution in [0.1, 0.15) is 10.4 Å². The summed E-state index contributed by atoms with van der Waals surface area (Å²) in [4.78, 5) is 34.5. The minimum atomic E-state index is -0.538. The Labute approximate surface area is 177 Å². The molecule has 0 bridgehead atoms. The molecule has 12 heteroatoms.